The lowest BCUT2D eigenvalue weighted by Crippen LogP contribution is -2.38. The number of hydrogen-bond acceptors (Lipinski definition) is 3. The Morgan fingerprint density at radius 1 is 1.36 bits per heavy atom. The molecule has 0 unspecified atom stereocenters. The van der Waals surface area contributed by atoms with E-state index in [1.807, 2.05) is 35.3 Å². The summed E-state index contributed by atoms with van der Waals surface area (Å²) in [4.78, 5) is 12.0. The first-order valence-electron chi connectivity index (χ1n) is 7.13. The first-order valence-corrected chi connectivity index (χ1v) is 8.01. The fraction of sp³-hybridized carbons (Fsp3) is 0.250. The van der Waals surface area contributed by atoms with Crippen LogP contribution in [0.4, 0.5) is 0 Å². The molecule has 1 N–H and O–H groups in total. The van der Waals surface area contributed by atoms with Gasteiger partial charge in [0.2, 0.25) is 0 Å². The number of nitrogens with one attached hydrogen (secondary N) is 1. The predicted molar refractivity (Wildman–Crippen MR) is 91.2 cm³/mol. The lowest BCUT2D eigenvalue weighted by atomic mass is 10.2. The zero-order chi connectivity index (χ0) is 15.4. The van der Waals surface area contributed by atoms with Crippen LogP contribution < -0.4 is 5.32 Å². The van der Waals surface area contributed by atoms with Crippen molar-refractivity contribution in [2.75, 3.05) is 14.1 Å². The van der Waals surface area contributed by atoms with E-state index in [0.29, 0.717) is 6.54 Å². The number of guanidine groups is 1. The molecule has 0 bridgehead atoms. The maximum Gasteiger partial charge on any atom is 0.194 e. The Bertz CT molecular complexity index is 731. The Morgan fingerprint density at radius 2 is 2.18 bits per heavy atom. The molecular weight excluding hydrogens is 294 g/mol. The van der Waals surface area contributed by atoms with Gasteiger partial charge in [0, 0.05) is 38.4 Å². The van der Waals surface area contributed by atoms with Crippen molar-refractivity contribution in [3.63, 3.8) is 0 Å². The number of aromatic nitrogens is 2. The van der Waals surface area contributed by atoms with Gasteiger partial charge in [0.1, 0.15) is 0 Å². The standard InChI is InChI=1S/C16H19N5S/c1-17-15(20(2)11-13-6-4-3-5-7-13)18-10-14-12-21-8-9-22-16(21)19-14/h3-9,12H,10-11H2,1-2H3,(H,17,18). The number of imidazole rings is 1. The topological polar surface area (TPSA) is 44.9 Å². The van der Waals surface area contributed by atoms with Gasteiger partial charge in [-0.25, -0.2) is 4.98 Å². The summed E-state index contributed by atoms with van der Waals surface area (Å²) in [5.74, 6) is 0.861. The monoisotopic (exact) mass is 313 g/mol. The zero-order valence-electron chi connectivity index (χ0n) is 12.7. The molecule has 22 heavy (non-hydrogen) atoms. The molecule has 0 aliphatic rings. The van der Waals surface area contributed by atoms with Gasteiger partial charge >= 0.3 is 0 Å². The Labute approximate surface area is 133 Å². The summed E-state index contributed by atoms with van der Waals surface area (Å²) in [5, 5.41) is 5.40. The lowest BCUT2D eigenvalue weighted by molar-refractivity contribution is 0.476. The number of aliphatic imine (C=N–C) groups is 1. The summed E-state index contributed by atoms with van der Waals surface area (Å²) >= 11 is 1.64. The van der Waals surface area contributed by atoms with Gasteiger partial charge < -0.3 is 10.2 Å². The van der Waals surface area contributed by atoms with Crippen LogP contribution in [-0.4, -0.2) is 34.3 Å². The molecular formula is C16H19N5S. The molecule has 0 radical (unpaired) electrons. The van der Waals surface area contributed by atoms with E-state index in [-0.39, 0.29) is 0 Å². The molecule has 114 valence electrons. The van der Waals surface area contributed by atoms with Gasteiger partial charge in [-0.05, 0) is 5.56 Å². The number of fused-ring (bicyclic) bond motifs is 1. The number of thiazole rings is 1. The highest BCUT2D eigenvalue weighted by atomic mass is 32.1. The second kappa shape index (κ2) is 6.62. The summed E-state index contributed by atoms with van der Waals surface area (Å²) in [6.07, 6.45) is 4.07. The van der Waals surface area contributed by atoms with E-state index >= 15 is 0 Å². The van der Waals surface area contributed by atoms with Crippen LogP contribution in [0.15, 0.2) is 53.1 Å². The molecule has 2 aromatic heterocycles. The summed E-state index contributed by atoms with van der Waals surface area (Å²) < 4.78 is 2.04. The molecule has 2 heterocycles. The molecule has 5 nitrogen and oxygen atoms in total. The Morgan fingerprint density at radius 3 is 2.91 bits per heavy atom. The summed E-state index contributed by atoms with van der Waals surface area (Å²) in [5.41, 5.74) is 2.27. The highest BCUT2D eigenvalue weighted by molar-refractivity contribution is 7.15. The third-order valence-electron chi connectivity index (χ3n) is 3.41. The molecule has 0 amide bonds. The van der Waals surface area contributed by atoms with Crippen molar-refractivity contribution in [1.29, 1.82) is 0 Å². The van der Waals surface area contributed by atoms with Crippen LogP contribution >= 0.6 is 11.3 Å². The number of hydrogen-bond donors (Lipinski definition) is 1. The quantitative estimate of drug-likeness (QED) is 0.595. The minimum absolute atomic E-state index is 0.667. The van der Waals surface area contributed by atoms with Gasteiger partial charge in [-0.1, -0.05) is 30.3 Å². The van der Waals surface area contributed by atoms with Gasteiger partial charge in [0.05, 0.1) is 12.2 Å². The second-order valence-electron chi connectivity index (χ2n) is 5.07. The van der Waals surface area contributed by atoms with Crippen molar-refractivity contribution in [3.8, 4) is 0 Å². The largest absolute Gasteiger partial charge is 0.351 e. The average Bonchev–Trinajstić information content (AvgIpc) is 3.10. The normalized spacial score (nSPS) is 11.8. The van der Waals surface area contributed by atoms with Gasteiger partial charge in [0.25, 0.3) is 0 Å². The molecule has 0 saturated carbocycles. The minimum atomic E-state index is 0.667. The Hall–Kier alpha value is -2.34. The van der Waals surface area contributed by atoms with Gasteiger partial charge in [-0.15, -0.1) is 11.3 Å². The lowest BCUT2D eigenvalue weighted by Gasteiger charge is -2.21. The van der Waals surface area contributed by atoms with E-state index in [1.54, 1.807) is 18.4 Å². The third kappa shape index (κ3) is 3.28. The van der Waals surface area contributed by atoms with Crippen molar-refractivity contribution in [2.24, 2.45) is 4.99 Å². The fourth-order valence-electron chi connectivity index (χ4n) is 2.35. The molecule has 3 aromatic rings. The fourth-order valence-corrected chi connectivity index (χ4v) is 3.07. The maximum absolute atomic E-state index is 4.57. The predicted octanol–water partition coefficient (Wildman–Crippen LogP) is 2.60. The van der Waals surface area contributed by atoms with Crippen molar-refractivity contribution < 1.29 is 0 Å². The molecule has 0 aliphatic carbocycles. The molecule has 0 atom stereocenters. The minimum Gasteiger partial charge on any atom is -0.351 e. The molecule has 3 rings (SSSR count). The van der Waals surface area contributed by atoms with Crippen molar-refractivity contribution in [3.05, 3.63) is 59.4 Å². The Balaban J connectivity index is 1.60. The van der Waals surface area contributed by atoms with E-state index in [4.69, 9.17) is 0 Å². The SMILES string of the molecule is CN=C(NCc1cn2ccsc2n1)N(C)Cc1ccccc1. The average molecular weight is 313 g/mol. The second-order valence-corrected chi connectivity index (χ2v) is 5.94. The van der Waals surface area contributed by atoms with E-state index in [1.165, 1.54) is 5.56 Å². The van der Waals surface area contributed by atoms with Crippen LogP contribution in [0.25, 0.3) is 4.96 Å². The smallest absolute Gasteiger partial charge is 0.194 e. The molecule has 0 fully saturated rings. The third-order valence-corrected chi connectivity index (χ3v) is 4.18. The first kappa shape index (κ1) is 14.6. The van der Waals surface area contributed by atoms with E-state index in [9.17, 15) is 0 Å². The molecule has 0 aliphatic heterocycles. The van der Waals surface area contributed by atoms with E-state index < -0.39 is 0 Å². The van der Waals surface area contributed by atoms with E-state index in [2.05, 4.69) is 44.5 Å². The summed E-state index contributed by atoms with van der Waals surface area (Å²) in [6.45, 7) is 1.49. The van der Waals surface area contributed by atoms with Crippen LogP contribution in [0.1, 0.15) is 11.3 Å². The number of benzene rings is 1. The Kier molecular flexibility index (Phi) is 4.39. The van der Waals surface area contributed by atoms with Crippen LogP contribution in [0.2, 0.25) is 0 Å². The maximum atomic E-state index is 4.57. The molecule has 1 aromatic carbocycles. The zero-order valence-corrected chi connectivity index (χ0v) is 13.5. The van der Waals surface area contributed by atoms with Gasteiger partial charge in [-0.3, -0.25) is 9.39 Å². The van der Waals surface area contributed by atoms with Crippen LogP contribution in [0.5, 0.6) is 0 Å². The van der Waals surface area contributed by atoms with Crippen LogP contribution in [0, 0.1) is 0 Å². The van der Waals surface area contributed by atoms with Gasteiger partial charge in [0.15, 0.2) is 10.9 Å². The highest BCUT2D eigenvalue weighted by Crippen LogP contribution is 2.11. The highest BCUT2D eigenvalue weighted by Gasteiger charge is 2.08. The molecule has 6 heteroatoms. The van der Waals surface area contributed by atoms with Crippen molar-refractivity contribution in [2.45, 2.75) is 13.1 Å². The van der Waals surface area contributed by atoms with Crippen LogP contribution in [0.3, 0.4) is 0 Å². The summed E-state index contributed by atoms with van der Waals surface area (Å²) in [6, 6.07) is 10.4. The number of nitrogens with zero attached hydrogens (tertiary/aromatic N) is 4. The molecule has 0 spiro atoms. The van der Waals surface area contributed by atoms with Crippen LogP contribution in [-0.2, 0) is 13.1 Å². The van der Waals surface area contributed by atoms with Crippen molar-refractivity contribution in [1.82, 2.24) is 19.6 Å². The van der Waals surface area contributed by atoms with E-state index in [0.717, 1.165) is 23.2 Å². The number of rotatable bonds is 4. The van der Waals surface area contributed by atoms with Crippen molar-refractivity contribution >= 4 is 22.3 Å². The summed E-state index contributed by atoms with van der Waals surface area (Å²) in [7, 11) is 3.84. The molecule has 0 saturated heterocycles. The van der Waals surface area contributed by atoms with Gasteiger partial charge in [-0.2, -0.15) is 0 Å². The first-order chi connectivity index (χ1) is 10.8.